The number of nitrogens with zero attached hydrogens (tertiary/aromatic N) is 2. The molecule has 1 N–H and O–H groups in total. The maximum Gasteiger partial charge on any atom is 0.210 e. The first-order chi connectivity index (χ1) is 7.95. The lowest BCUT2D eigenvalue weighted by Gasteiger charge is -2.10. The summed E-state index contributed by atoms with van der Waals surface area (Å²) in [7, 11) is 11.1. The fraction of sp³-hybridized carbons (Fsp3) is 0.333. The second-order valence-corrected chi connectivity index (χ2v) is 3.99. The second kappa shape index (κ2) is 5.52. The molecule has 0 aliphatic carbocycles. The summed E-state index contributed by atoms with van der Waals surface area (Å²) < 4.78 is 0. The number of rotatable bonds is 4. The summed E-state index contributed by atoms with van der Waals surface area (Å²) in [4.78, 5) is 18.1. The van der Waals surface area contributed by atoms with Crippen LogP contribution in [0.25, 0.3) is 0 Å². The predicted molar refractivity (Wildman–Crippen MR) is 70.9 cm³/mol. The first-order valence-corrected chi connectivity index (χ1v) is 5.29. The Morgan fingerprint density at radius 3 is 2.65 bits per heavy atom. The molecule has 0 saturated heterocycles. The van der Waals surface area contributed by atoms with Crippen molar-refractivity contribution in [3.05, 3.63) is 29.6 Å². The van der Waals surface area contributed by atoms with E-state index in [1.807, 2.05) is 19.0 Å². The number of ketones is 1. The molecule has 4 nitrogen and oxygen atoms in total. The normalized spacial score (nSPS) is 11.2. The van der Waals surface area contributed by atoms with Gasteiger partial charge in [-0.1, -0.05) is 0 Å². The Bertz CT molecular complexity index is 455. The Hall–Kier alpha value is -1.78. The number of carbonyl (C=O) groups is 1. The van der Waals surface area contributed by atoms with Gasteiger partial charge in [0.05, 0.1) is 5.69 Å². The fourth-order valence-corrected chi connectivity index (χ4v) is 1.48. The van der Waals surface area contributed by atoms with E-state index in [1.54, 1.807) is 32.3 Å². The van der Waals surface area contributed by atoms with Crippen LogP contribution in [0.4, 0.5) is 5.69 Å². The first kappa shape index (κ1) is 13.3. The van der Waals surface area contributed by atoms with Crippen molar-refractivity contribution in [1.29, 1.82) is 0 Å². The summed E-state index contributed by atoms with van der Waals surface area (Å²) in [5.74, 6) is -0.129. The number of carbonyl (C=O) groups excluding carboxylic acids is 1. The Morgan fingerprint density at radius 2 is 2.12 bits per heavy atom. The Kier molecular flexibility index (Phi) is 4.32. The van der Waals surface area contributed by atoms with E-state index < -0.39 is 0 Å². The van der Waals surface area contributed by atoms with Gasteiger partial charge in [0.25, 0.3) is 0 Å². The van der Waals surface area contributed by atoms with Gasteiger partial charge in [0.15, 0.2) is 0 Å². The van der Waals surface area contributed by atoms with E-state index >= 15 is 0 Å². The lowest BCUT2D eigenvalue weighted by atomic mass is 10.0. The molecule has 0 amide bonds. The number of allylic oxidation sites excluding steroid dienone is 1. The molecule has 2 radical (unpaired) electrons. The molecule has 88 valence electrons. The molecule has 0 aromatic carbocycles. The summed E-state index contributed by atoms with van der Waals surface area (Å²) in [6.07, 6.45) is 1.76. The van der Waals surface area contributed by atoms with Crippen LogP contribution in [0.2, 0.25) is 0 Å². The van der Waals surface area contributed by atoms with Crippen molar-refractivity contribution < 1.29 is 4.79 Å². The molecule has 0 aliphatic rings. The van der Waals surface area contributed by atoms with Crippen molar-refractivity contribution >= 4 is 24.9 Å². The number of aromatic nitrogens is 1. The number of anilines is 1. The van der Waals surface area contributed by atoms with E-state index in [4.69, 9.17) is 7.85 Å². The van der Waals surface area contributed by atoms with Crippen LogP contribution in [-0.2, 0) is 0 Å². The van der Waals surface area contributed by atoms with Crippen molar-refractivity contribution in [3.63, 3.8) is 0 Å². The average molecular weight is 229 g/mol. The van der Waals surface area contributed by atoms with Crippen molar-refractivity contribution in [2.75, 3.05) is 26.5 Å². The van der Waals surface area contributed by atoms with E-state index in [9.17, 15) is 4.79 Å². The lowest BCUT2D eigenvalue weighted by Crippen LogP contribution is -2.17. The number of hydrogen-bond acceptors (Lipinski definition) is 4. The Balaban J connectivity index is 3.15. The molecule has 1 rings (SSSR count). The molecule has 17 heavy (non-hydrogen) atoms. The zero-order valence-electron chi connectivity index (χ0n) is 10.6. The van der Waals surface area contributed by atoms with Crippen molar-refractivity contribution in [2.45, 2.75) is 6.92 Å². The highest BCUT2D eigenvalue weighted by Crippen LogP contribution is 2.14. The third-order valence-corrected chi connectivity index (χ3v) is 2.21. The van der Waals surface area contributed by atoms with Crippen LogP contribution >= 0.6 is 0 Å². The minimum Gasteiger partial charge on any atom is -0.386 e. The van der Waals surface area contributed by atoms with Crippen LogP contribution in [-0.4, -0.2) is 44.7 Å². The monoisotopic (exact) mass is 229 g/mol. The van der Waals surface area contributed by atoms with E-state index in [0.717, 1.165) is 0 Å². The van der Waals surface area contributed by atoms with Gasteiger partial charge in [0.2, 0.25) is 5.78 Å². The molecular weight excluding hydrogens is 213 g/mol. The first-order valence-electron chi connectivity index (χ1n) is 5.29. The van der Waals surface area contributed by atoms with Gasteiger partial charge in [-0.2, -0.15) is 0 Å². The highest BCUT2D eigenvalue weighted by molar-refractivity contribution is 6.31. The summed E-state index contributed by atoms with van der Waals surface area (Å²) in [6.45, 7) is 1.76. The van der Waals surface area contributed by atoms with E-state index in [1.165, 1.54) is 0 Å². The molecular formula is C12H16BN3O. The van der Waals surface area contributed by atoms with Crippen LogP contribution < -0.4 is 10.9 Å². The smallest absolute Gasteiger partial charge is 0.210 e. The standard InChI is InChI=1S/C12H16BN3O/c1-8(7-16(3)4)12(17)11-9(14-2)5-6-10(13)15-11/h5-7,14H,1-4H3/b8-7+. The quantitative estimate of drug-likeness (QED) is 0.465. The molecule has 1 aromatic rings. The van der Waals surface area contributed by atoms with Crippen molar-refractivity contribution in [3.8, 4) is 0 Å². The maximum atomic E-state index is 12.2. The van der Waals surface area contributed by atoms with Gasteiger partial charge in [-0.3, -0.25) is 9.78 Å². The zero-order valence-corrected chi connectivity index (χ0v) is 10.6. The molecule has 0 spiro atoms. The van der Waals surface area contributed by atoms with Crippen LogP contribution in [0.1, 0.15) is 17.4 Å². The highest BCUT2D eigenvalue weighted by Gasteiger charge is 2.14. The summed E-state index contributed by atoms with van der Waals surface area (Å²) in [5, 5.41) is 2.93. The summed E-state index contributed by atoms with van der Waals surface area (Å²) >= 11 is 0. The van der Waals surface area contributed by atoms with Crippen LogP contribution in [0.15, 0.2) is 23.9 Å². The number of nitrogens with one attached hydrogen (secondary N) is 1. The highest BCUT2D eigenvalue weighted by atomic mass is 16.1. The maximum absolute atomic E-state index is 12.2. The zero-order chi connectivity index (χ0) is 13.0. The van der Waals surface area contributed by atoms with E-state index in [2.05, 4.69) is 10.3 Å². The molecule has 0 saturated carbocycles. The van der Waals surface area contributed by atoms with Crippen LogP contribution in [0.5, 0.6) is 0 Å². The van der Waals surface area contributed by atoms with Crippen LogP contribution in [0, 0.1) is 0 Å². The van der Waals surface area contributed by atoms with E-state index in [-0.39, 0.29) is 5.78 Å². The van der Waals surface area contributed by atoms with Crippen molar-refractivity contribution in [1.82, 2.24) is 9.88 Å². The molecule has 1 aromatic heterocycles. The summed E-state index contributed by atoms with van der Waals surface area (Å²) in [6, 6.07) is 3.41. The van der Waals surface area contributed by atoms with Gasteiger partial charge in [-0.25, -0.2) is 0 Å². The Labute approximate surface area is 103 Å². The second-order valence-electron chi connectivity index (χ2n) is 3.99. The molecule has 0 fully saturated rings. The number of Topliss-reactive ketones (excluding diaryl/α,β-unsaturated/α-hetero) is 1. The van der Waals surface area contributed by atoms with Gasteiger partial charge in [-0.15, -0.1) is 0 Å². The fourth-order valence-electron chi connectivity index (χ4n) is 1.48. The summed E-state index contributed by atoms with van der Waals surface area (Å²) in [5.41, 5.74) is 1.98. The number of pyridine rings is 1. The third kappa shape index (κ3) is 3.34. The minimum absolute atomic E-state index is 0.129. The molecule has 5 heteroatoms. The van der Waals surface area contributed by atoms with Gasteiger partial charge in [0, 0.05) is 32.9 Å². The molecule has 0 aliphatic heterocycles. The van der Waals surface area contributed by atoms with Gasteiger partial charge in [-0.05, 0) is 24.6 Å². The average Bonchev–Trinajstić information content (AvgIpc) is 2.27. The number of hydrogen-bond donors (Lipinski definition) is 1. The lowest BCUT2D eigenvalue weighted by molar-refractivity contribution is 0.102. The largest absolute Gasteiger partial charge is 0.386 e. The molecule has 1 heterocycles. The molecule has 0 atom stereocenters. The SMILES string of the molecule is [B]c1ccc(NC)c(C(=O)/C(C)=C/N(C)C)n1. The third-order valence-electron chi connectivity index (χ3n) is 2.21. The molecule has 0 bridgehead atoms. The van der Waals surface area contributed by atoms with Crippen molar-refractivity contribution in [2.24, 2.45) is 0 Å². The van der Waals surface area contributed by atoms with E-state index in [0.29, 0.717) is 22.5 Å². The van der Waals surface area contributed by atoms with Crippen LogP contribution in [0.3, 0.4) is 0 Å². The van der Waals surface area contributed by atoms with Gasteiger partial charge < -0.3 is 10.2 Å². The molecule has 0 unspecified atom stereocenters. The predicted octanol–water partition coefficient (Wildman–Crippen LogP) is 0.565. The Morgan fingerprint density at radius 1 is 1.47 bits per heavy atom. The topological polar surface area (TPSA) is 45.2 Å². The van der Waals surface area contributed by atoms with Gasteiger partial charge >= 0.3 is 0 Å². The van der Waals surface area contributed by atoms with Gasteiger partial charge in [0.1, 0.15) is 13.5 Å². The minimum atomic E-state index is -0.129.